The quantitative estimate of drug-likeness (QED) is 0.671. The second-order valence-electron chi connectivity index (χ2n) is 7.90. The van der Waals surface area contributed by atoms with Gasteiger partial charge in [-0.1, -0.05) is 19.4 Å². The minimum Gasteiger partial charge on any atom is -0.347 e. The Bertz CT molecular complexity index is 741. The summed E-state index contributed by atoms with van der Waals surface area (Å²) in [6, 6.07) is 6.98. The van der Waals surface area contributed by atoms with Crippen molar-refractivity contribution in [2.24, 2.45) is 12.0 Å². The van der Waals surface area contributed by atoms with Gasteiger partial charge in [-0.3, -0.25) is 4.99 Å². The van der Waals surface area contributed by atoms with E-state index in [0.717, 1.165) is 12.8 Å². The van der Waals surface area contributed by atoms with Gasteiger partial charge in [0.25, 0.3) is 0 Å². The first kappa shape index (κ1) is 16.3. The third kappa shape index (κ3) is 3.22. The molecule has 0 radical (unpaired) electrons. The van der Waals surface area contributed by atoms with E-state index in [1.54, 1.807) is 11.3 Å². The molecule has 0 fully saturated rings. The molecule has 0 saturated heterocycles. The average molecular weight is 310 g/mol. The maximum absolute atomic E-state index is 5.00. The van der Waals surface area contributed by atoms with E-state index in [1.807, 2.05) is 0 Å². The van der Waals surface area contributed by atoms with Gasteiger partial charge >= 0.3 is 0 Å². The van der Waals surface area contributed by atoms with Gasteiger partial charge in [0.2, 0.25) is 0 Å². The Labute approximate surface area is 140 Å². The van der Waals surface area contributed by atoms with Crippen LogP contribution in [0.1, 0.15) is 70.2 Å². The molecule has 23 heavy (non-hydrogen) atoms. The van der Waals surface area contributed by atoms with E-state index in [0.29, 0.717) is 0 Å². The zero-order chi connectivity index (χ0) is 16.6. The number of aromatic nitrogens is 1. The Morgan fingerprint density at radius 3 is 2.61 bits per heavy atom. The summed E-state index contributed by atoms with van der Waals surface area (Å²) in [4.78, 5) is 5.00. The molecule has 3 rings (SSSR count). The van der Waals surface area contributed by atoms with Crippen molar-refractivity contribution in [1.82, 2.24) is 4.57 Å². The van der Waals surface area contributed by atoms with Crippen molar-refractivity contribution < 1.29 is 0 Å². The lowest BCUT2D eigenvalue weighted by molar-refractivity contribution is 0.581. The van der Waals surface area contributed by atoms with Crippen LogP contribution in [0.25, 0.3) is 10.9 Å². The van der Waals surface area contributed by atoms with Gasteiger partial charge in [0.05, 0.1) is 5.54 Å². The summed E-state index contributed by atoms with van der Waals surface area (Å²) in [5.41, 5.74) is 7.07. The minimum atomic E-state index is -0.0183. The van der Waals surface area contributed by atoms with Gasteiger partial charge in [0.15, 0.2) is 0 Å². The predicted molar refractivity (Wildman–Crippen MR) is 101 cm³/mol. The number of hydrogen-bond donors (Lipinski definition) is 0. The molecule has 2 heteroatoms. The van der Waals surface area contributed by atoms with Crippen LogP contribution in [0.5, 0.6) is 0 Å². The molecule has 0 atom stereocenters. The van der Waals surface area contributed by atoms with Gasteiger partial charge < -0.3 is 4.57 Å². The Hall–Kier alpha value is -1.57. The Morgan fingerprint density at radius 1 is 1.17 bits per heavy atom. The lowest BCUT2D eigenvalue weighted by Gasteiger charge is -2.16. The highest BCUT2D eigenvalue weighted by atomic mass is 15.0. The van der Waals surface area contributed by atoms with Gasteiger partial charge in [-0.05, 0) is 76.1 Å². The van der Waals surface area contributed by atoms with Crippen molar-refractivity contribution >= 4 is 16.6 Å². The van der Waals surface area contributed by atoms with Crippen LogP contribution >= 0.6 is 0 Å². The lowest BCUT2D eigenvalue weighted by atomic mass is 9.94. The molecule has 1 aromatic heterocycles. The van der Waals surface area contributed by atoms with E-state index in [2.05, 4.69) is 57.5 Å². The molecule has 1 aliphatic carbocycles. The molecule has 2 aromatic rings. The van der Waals surface area contributed by atoms with Crippen LogP contribution in [0.3, 0.4) is 0 Å². The van der Waals surface area contributed by atoms with Gasteiger partial charge in [0, 0.05) is 29.4 Å². The summed E-state index contributed by atoms with van der Waals surface area (Å²) in [5.74, 6) is 0. The zero-order valence-electron chi connectivity index (χ0n) is 15.4. The maximum atomic E-state index is 5.00. The smallest absolute Gasteiger partial charge is 0.0527 e. The monoisotopic (exact) mass is 310 g/mol. The number of hydrogen-bond acceptors (Lipinski definition) is 1. The molecule has 124 valence electrons. The van der Waals surface area contributed by atoms with Gasteiger partial charge in [0.1, 0.15) is 0 Å². The van der Waals surface area contributed by atoms with E-state index in [4.69, 9.17) is 4.99 Å². The first-order valence-electron chi connectivity index (χ1n) is 9.10. The van der Waals surface area contributed by atoms with Crippen molar-refractivity contribution in [2.75, 3.05) is 0 Å². The molecule has 0 unspecified atom stereocenters. The van der Waals surface area contributed by atoms with Crippen LogP contribution in [-0.2, 0) is 19.9 Å². The highest BCUT2D eigenvalue weighted by Crippen LogP contribution is 2.32. The summed E-state index contributed by atoms with van der Waals surface area (Å²) < 4.78 is 2.41. The van der Waals surface area contributed by atoms with Crippen molar-refractivity contribution in [3.05, 3.63) is 35.0 Å². The maximum Gasteiger partial charge on any atom is 0.0527 e. The van der Waals surface area contributed by atoms with Crippen molar-refractivity contribution in [1.29, 1.82) is 0 Å². The number of nitrogens with zero attached hydrogens (tertiary/aromatic N) is 2. The van der Waals surface area contributed by atoms with Crippen LogP contribution in [-0.4, -0.2) is 15.8 Å². The van der Waals surface area contributed by atoms with E-state index in [-0.39, 0.29) is 5.54 Å². The first-order valence-corrected chi connectivity index (χ1v) is 9.10. The highest BCUT2D eigenvalue weighted by molar-refractivity contribution is 6.04. The van der Waals surface area contributed by atoms with Gasteiger partial charge in [-0.15, -0.1) is 0 Å². The number of aliphatic imine (C=N–C) groups is 1. The minimum absolute atomic E-state index is 0.0183. The number of fused-ring (bicyclic) bond motifs is 3. The molecule has 1 aromatic carbocycles. The molecule has 1 heterocycles. The number of rotatable bonds is 3. The highest BCUT2D eigenvalue weighted by Gasteiger charge is 2.19. The number of aryl methyl sites for hydroxylation is 2. The largest absolute Gasteiger partial charge is 0.347 e. The molecule has 0 bridgehead atoms. The van der Waals surface area contributed by atoms with E-state index < -0.39 is 0 Å². The zero-order valence-corrected chi connectivity index (χ0v) is 15.4. The third-order valence-corrected chi connectivity index (χ3v) is 4.82. The second-order valence-corrected chi connectivity index (χ2v) is 7.90. The van der Waals surface area contributed by atoms with Crippen molar-refractivity contribution in [3.8, 4) is 0 Å². The molecule has 0 amide bonds. The van der Waals surface area contributed by atoms with Gasteiger partial charge in [-0.25, -0.2) is 0 Å². The average Bonchev–Trinajstić information content (AvgIpc) is 2.79. The summed E-state index contributed by atoms with van der Waals surface area (Å²) in [5, 5.41) is 1.46. The molecule has 0 saturated carbocycles. The molecule has 2 nitrogen and oxygen atoms in total. The van der Waals surface area contributed by atoms with Crippen LogP contribution in [0.2, 0.25) is 0 Å². The molecule has 0 spiro atoms. The summed E-state index contributed by atoms with van der Waals surface area (Å²) in [7, 11) is 2.22. The van der Waals surface area contributed by atoms with Crippen LogP contribution in [0, 0.1) is 0 Å². The lowest BCUT2D eigenvalue weighted by Crippen LogP contribution is -2.15. The Morgan fingerprint density at radius 2 is 1.91 bits per heavy atom. The SMILES string of the molecule is CCCC(=NC(C)(C)C)c1ccc2c(c1)c1c(n2C)CCCC1. The summed E-state index contributed by atoms with van der Waals surface area (Å²) in [6.07, 6.45) is 7.31. The van der Waals surface area contributed by atoms with Crippen LogP contribution in [0.15, 0.2) is 23.2 Å². The topological polar surface area (TPSA) is 17.3 Å². The first-order chi connectivity index (χ1) is 10.9. The number of benzene rings is 1. The molecule has 0 aliphatic heterocycles. The van der Waals surface area contributed by atoms with Crippen LogP contribution < -0.4 is 0 Å². The van der Waals surface area contributed by atoms with Gasteiger partial charge in [-0.2, -0.15) is 0 Å². The van der Waals surface area contributed by atoms with Crippen molar-refractivity contribution in [2.45, 2.75) is 71.8 Å². The molecule has 1 aliphatic rings. The Balaban J connectivity index is 2.13. The van der Waals surface area contributed by atoms with E-state index in [1.165, 1.54) is 47.9 Å². The normalized spacial score (nSPS) is 16.0. The second kappa shape index (κ2) is 6.14. The van der Waals surface area contributed by atoms with Crippen molar-refractivity contribution in [3.63, 3.8) is 0 Å². The molecule has 0 N–H and O–H groups in total. The molecular weight excluding hydrogens is 280 g/mol. The predicted octanol–water partition coefficient (Wildman–Crippen LogP) is 5.44. The fourth-order valence-corrected chi connectivity index (χ4v) is 3.85. The third-order valence-electron chi connectivity index (χ3n) is 4.82. The summed E-state index contributed by atoms with van der Waals surface area (Å²) in [6.45, 7) is 8.80. The summed E-state index contributed by atoms with van der Waals surface area (Å²) >= 11 is 0. The van der Waals surface area contributed by atoms with E-state index in [9.17, 15) is 0 Å². The fourth-order valence-electron chi connectivity index (χ4n) is 3.85. The fraction of sp³-hybridized carbons (Fsp3) is 0.571. The Kier molecular flexibility index (Phi) is 4.35. The standard InChI is InChI=1S/C21H30N2/c1-6-9-18(22-21(2,3)4)15-12-13-20-17(14-15)16-10-7-8-11-19(16)23(20)5/h12-14H,6-11H2,1-5H3. The van der Waals surface area contributed by atoms with Crippen LogP contribution in [0.4, 0.5) is 0 Å². The molecular formula is C21H30N2. The van der Waals surface area contributed by atoms with E-state index >= 15 is 0 Å².